The Morgan fingerprint density at radius 3 is 2.08 bits per heavy atom. The average molecular weight is 556 g/mol. The van der Waals surface area contributed by atoms with E-state index in [4.69, 9.17) is 41.9 Å². The van der Waals surface area contributed by atoms with Crippen molar-refractivity contribution in [3.05, 3.63) is 0 Å². The van der Waals surface area contributed by atoms with E-state index in [1.807, 2.05) is 0 Å². The lowest BCUT2D eigenvalue weighted by Gasteiger charge is -2.47. The molecule has 0 aromatic heterocycles. The molecule has 0 spiro atoms. The lowest BCUT2D eigenvalue weighted by Crippen LogP contribution is -2.69. The SMILES string of the molecule is NCC[C@H](O)C(=O)N[C@@H]1CC(N)[C@@H](O[C@H]2OC(CO)[C@@H](O)C(O)C2N)C(O[C@@H]2O[C@H](CN)C(O)C2O)C1O. The summed E-state index contributed by atoms with van der Waals surface area (Å²) >= 11 is 0. The molecule has 2 aliphatic heterocycles. The highest BCUT2D eigenvalue weighted by Gasteiger charge is 2.52. The summed E-state index contributed by atoms with van der Waals surface area (Å²) in [5.41, 5.74) is 23.2. The number of hydrogen-bond acceptors (Lipinski definition) is 16. The highest BCUT2D eigenvalue weighted by Crippen LogP contribution is 2.32. The third kappa shape index (κ3) is 6.60. The summed E-state index contributed by atoms with van der Waals surface area (Å²) in [7, 11) is 0. The zero-order valence-electron chi connectivity index (χ0n) is 20.7. The Morgan fingerprint density at radius 2 is 1.50 bits per heavy atom. The number of nitrogens with one attached hydrogen (secondary N) is 1. The van der Waals surface area contributed by atoms with E-state index >= 15 is 0 Å². The van der Waals surface area contributed by atoms with E-state index in [1.54, 1.807) is 0 Å². The minimum Gasteiger partial charge on any atom is -0.394 e. The molecule has 0 radical (unpaired) electrons. The summed E-state index contributed by atoms with van der Waals surface area (Å²) < 4.78 is 22.7. The van der Waals surface area contributed by atoms with Crippen LogP contribution in [0.4, 0.5) is 0 Å². The number of hydrogen-bond donors (Lipinski definition) is 12. The molecule has 1 amide bonds. The molecule has 3 rings (SSSR count). The first-order valence-corrected chi connectivity index (χ1v) is 12.5. The van der Waals surface area contributed by atoms with Crippen molar-refractivity contribution < 1.29 is 59.5 Å². The third-order valence-corrected chi connectivity index (χ3v) is 7.15. The molecule has 222 valence electrons. The van der Waals surface area contributed by atoms with Crippen LogP contribution in [0.2, 0.25) is 0 Å². The standard InChI is InChI=1S/C21H41N5O12/c22-2-1-8(28)19(34)26-7-3-6(24)17(37-20-11(25)15(32)14(31)10(5-27)36-20)18(12(7)29)38-21-16(33)13(30)9(4-23)35-21/h6-18,20-21,27-33H,1-5,22-25H2,(H,26,34)/t6?,7-,8+,9-,10?,11?,12?,13?,14-,15?,16?,17-,18?,20-,21+/m1/s1. The topological polar surface area (TPSA) is 312 Å². The second-order valence-corrected chi connectivity index (χ2v) is 9.84. The maximum atomic E-state index is 12.4. The van der Waals surface area contributed by atoms with Crippen LogP contribution < -0.4 is 28.3 Å². The highest BCUT2D eigenvalue weighted by molar-refractivity contribution is 5.80. The van der Waals surface area contributed by atoms with E-state index in [0.29, 0.717) is 0 Å². The lowest BCUT2D eigenvalue weighted by molar-refractivity contribution is -0.310. The van der Waals surface area contributed by atoms with Gasteiger partial charge in [0.2, 0.25) is 5.91 Å². The number of amides is 1. The van der Waals surface area contributed by atoms with Gasteiger partial charge in [0.15, 0.2) is 12.6 Å². The number of aliphatic hydroxyl groups is 7. The van der Waals surface area contributed by atoms with Crippen LogP contribution in [-0.2, 0) is 23.7 Å². The summed E-state index contributed by atoms with van der Waals surface area (Å²) in [5, 5.41) is 74.1. The molecular weight excluding hydrogens is 514 g/mol. The quantitative estimate of drug-likeness (QED) is 0.119. The van der Waals surface area contributed by atoms with Crippen LogP contribution in [0.3, 0.4) is 0 Å². The van der Waals surface area contributed by atoms with Crippen LogP contribution >= 0.6 is 0 Å². The van der Waals surface area contributed by atoms with Crippen LogP contribution in [-0.4, -0.2) is 153 Å². The van der Waals surface area contributed by atoms with Gasteiger partial charge in [-0.15, -0.1) is 0 Å². The molecule has 17 heteroatoms. The molecule has 15 atom stereocenters. The fraction of sp³-hybridized carbons (Fsp3) is 0.952. The Morgan fingerprint density at radius 1 is 0.895 bits per heavy atom. The molecule has 3 aliphatic rings. The molecule has 8 unspecified atom stereocenters. The van der Waals surface area contributed by atoms with Gasteiger partial charge in [-0.3, -0.25) is 4.79 Å². The van der Waals surface area contributed by atoms with Gasteiger partial charge in [0.1, 0.15) is 61.0 Å². The second kappa shape index (κ2) is 13.5. The van der Waals surface area contributed by atoms with Crippen molar-refractivity contribution >= 4 is 5.91 Å². The van der Waals surface area contributed by atoms with Crippen LogP contribution in [0.15, 0.2) is 0 Å². The molecule has 1 saturated carbocycles. The van der Waals surface area contributed by atoms with Gasteiger partial charge in [-0.2, -0.15) is 0 Å². The van der Waals surface area contributed by atoms with Crippen molar-refractivity contribution in [2.75, 3.05) is 19.7 Å². The van der Waals surface area contributed by atoms with E-state index in [1.165, 1.54) is 0 Å². The van der Waals surface area contributed by atoms with Gasteiger partial charge in [-0.1, -0.05) is 0 Å². The Balaban J connectivity index is 1.84. The number of rotatable bonds is 10. The first-order valence-electron chi connectivity index (χ1n) is 12.5. The molecule has 38 heavy (non-hydrogen) atoms. The van der Waals surface area contributed by atoms with Crippen LogP contribution in [0, 0.1) is 0 Å². The number of carbonyl (C=O) groups excluding carboxylic acids is 1. The van der Waals surface area contributed by atoms with Crippen molar-refractivity contribution in [2.24, 2.45) is 22.9 Å². The van der Waals surface area contributed by atoms with Gasteiger partial charge >= 0.3 is 0 Å². The maximum absolute atomic E-state index is 12.4. The summed E-state index contributed by atoms with van der Waals surface area (Å²) in [6.45, 7) is -0.763. The predicted molar refractivity (Wildman–Crippen MR) is 125 cm³/mol. The van der Waals surface area contributed by atoms with Crippen molar-refractivity contribution in [3.63, 3.8) is 0 Å². The Hall–Kier alpha value is -1.13. The minimum atomic E-state index is -1.56. The molecule has 16 N–H and O–H groups in total. The third-order valence-electron chi connectivity index (χ3n) is 7.15. The first kappa shape index (κ1) is 31.4. The van der Waals surface area contributed by atoms with Gasteiger partial charge in [-0.05, 0) is 19.4 Å². The monoisotopic (exact) mass is 555 g/mol. The smallest absolute Gasteiger partial charge is 0.249 e. The summed E-state index contributed by atoms with van der Waals surface area (Å²) in [5.74, 6) is -0.805. The number of nitrogens with two attached hydrogens (primary N) is 4. The normalized spacial score (nSPS) is 46.6. The number of ether oxygens (including phenoxy) is 4. The Bertz CT molecular complexity index is 770. The van der Waals surface area contributed by atoms with Gasteiger partial charge in [0, 0.05) is 12.6 Å². The Labute approximate surface area is 218 Å². The van der Waals surface area contributed by atoms with Crippen LogP contribution in [0.25, 0.3) is 0 Å². The van der Waals surface area contributed by atoms with Crippen molar-refractivity contribution in [3.8, 4) is 0 Å². The highest BCUT2D eigenvalue weighted by atomic mass is 16.7. The van der Waals surface area contributed by atoms with E-state index < -0.39 is 104 Å². The zero-order valence-corrected chi connectivity index (χ0v) is 20.7. The first-order chi connectivity index (χ1) is 17.9. The van der Waals surface area contributed by atoms with Gasteiger partial charge in [0.25, 0.3) is 0 Å². The molecular formula is C21H41N5O12. The minimum absolute atomic E-state index is 0.0239. The fourth-order valence-electron chi connectivity index (χ4n) is 4.84. The molecule has 2 heterocycles. The predicted octanol–water partition coefficient (Wildman–Crippen LogP) is -7.79. The summed E-state index contributed by atoms with van der Waals surface area (Å²) in [6, 6.07) is -3.33. The number of carbonyl (C=O) groups is 1. The molecule has 0 aromatic rings. The second-order valence-electron chi connectivity index (χ2n) is 9.84. The molecule has 2 saturated heterocycles. The van der Waals surface area contributed by atoms with Crippen LogP contribution in [0.1, 0.15) is 12.8 Å². The lowest BCUT2D eigenvalue weighted by atomic mass is 9.83. The molecule has 17 nitrogen and oxygen atoms in total. The van der Waals surface area contributed by atoms with Crippen molar-refractivity contribution in [1.29, 1.82) is 0 Å². The molecule has 1 aliphatic carbocycles. The largest absolute Gasteiger partial charge is 0.394 e. The van der Waals surface area contributed by atoms with E-state index in [0.717, 1.165) is 0 Å². The maximum Gasteiger partial charge on any atom is 0.249 e. The molecule has 0 bridgehead atoms. The molecule has 3 fully saturated rings. The summed E-state index contributed by atoms with van der Waals surface area (Å²) in [6.07, 6.45) is -16.9. The van der Waals surface area contributed by atoms with E-state index in [2.05, 4.69) is 5.32 Å². The van der Waals surface area contributed by atoms with Crippen LogP contribution in [0.5, 0.6) is 0 Å². The van der Waals surface area contributed by atoms with E-state index in [9.17, 15) is 40.5 Å². The van der Waals surface area contributed by atoms with Gasteiger partial charge in [-0.25, -0.2) is 0 Å². The Kier molecular flexibility index (Phi) is 11.1. The van der Waals surface area contributed by atoms with Gasteiger partial charge in [0.05, 0.1) is 18.7 Å². The average Bonchev–Trinajstić information content (AvgIpc) is 3.16. The van der Waals surface area contributed by atoms with Crippen molar-refractivity contribution in [1.82, 2.24) is 5.32 Å². The fourth-order valence-corrected chi connectivity index (χ4v) is 4.84. The molecule has 0 aromatic carbocycles. The number of aliphatic hydroxyl groups excluding tert-OH is 7. The summed E-state index contributed by atoms with van der Waals surface area (Å²) in [4.78, 5) is 12.4. The zero-order chi connectivity index (χ0) is 28.3. The van der Waals surface area contributed by atoms with E-state index in [-0.39, 0.29) is 25.9 Å². The van der Waals surface area contributed by atoms with Crippen molar-refractivity contribution in [2.45, 2.75) is 105 Å². The van der Waals surface area contributed by atoms with Gasteiger partial charge < -0.3 is 82.9 Å².